The van der Waals surface area contributed by atoms with Crippen LogP contribution >= 0.6 is 15.9 Å². The Kier molecular flexibility index (Phi) is 5.01. The van der Waals surface area contributed by atoms with Crippen molar-refractivity contribution in [3.63, 3.8) is 0 Å². The molecule has 0 aliphatic carbocycles. The molecular formula is C18H19BrN8. The SMILES string of the molecule is CCNC(=NCc1cn2cc(Br)ccc2n1)NCc1nnc2ccccn12. The second-order valence-corrected chi connectivity index (χ2v) is 6.85. The monoisotopic (exact) mass is 426 g/mol. The van der Waals surface area contributed by atoms with Crippen LogP contribution in [0, 0.1) is 0 Å². The van der Waals surface area contributed by atoms with Crippen LogP contribution in [0.15, 0.2) is 58.4 Å². The minimum Gasteiger partial charge on any atom is -0.357 e. The number of halogens is 1. The Morgan fingerprint density at radius 1 is 1.11 bits per heavy atom. The van der Waals surface area contributed by atoms with Crippen molar-refractivity contribution >= 4 is 33.2 Å². The van der Waals surface area contributed by atoms with Crippen LogP contribution in [0.2, 0.25) is 0 Å². The molecule has 138 valence electrons. The molecule has 0 aliphatic rings. The lowest BCUT2D eigenvalue weighted by Gasteiger charge is -2.10. The van der Waals surface area contributed by atoms with Crippen molar-refractivity contribution in [1.29, 1.82) is 0 Å². The van der Waals surface area contributed by atoms with Gasteiger partial charge in [-0.25, -0.2) is 9.98 Å². The molecule has 0 spiro atoms. The molecule has 4 aromatic heterocycles. The maximum atomic E-state index is 4.63. The van der Waals surface area contributed by atoms with Gasteiger partial charge in [0.25, 0.3) is 0 Å². The number of hydrogen-bond acceptors (Lipinski definition) is 4. The minimum atomic E-state index is 0.481. The van der Waals surface area contributed by atoms with Crippen molar-refractivity contribution in [2.75, 3.05) is 6.54 Å². The summed E-state index contributed by atoms with van der Waals surface area (Å²) in [5, 5.41) is 14.9. The van der Waals surface area contributed by atoms with E-state index >= 15 is 0 Å². The van der Waals surface area contributed by atoms with E-state index in [9.17, 15) is 0 Å². The zero-order valence-electron chi connectivity index (χ0n) is 14.8. The van der Waals surface area contributed by atoms with E-state index in [1.807, 2.05) is 64.6 Å². The fourth-order valence-corrected chi connectivity index (χ4v) is 3.12. The molecule has 0 fully saturated rings. The summed E-state index contributed by atoms with van der Waals surface area (Å²) in [4.78, 5) is 9.22. The quantitative estimate of drug-likeness (QED) is 0.378. The Labute approximate surface area is 164 Å². The van der Waals surface area contributed by atoms with Crippen LogP contribution in [0.3, 0.4) is 0 Å². The van der Waals surface area contributed by atoms with Crippen LogP contribution in [-0.4, -0.2) is 36.5 Å². The first-order valence-electron chi connectivity index (χ1n) is 8.67. The maximum Gasteiger partial charge on any atom is 0.192 e. The number of guanidine groups is 1. The molecule has 27 heavy (non-hydrogen) atoms. The first kappa shape index (κ1) is 17.5. The van der Waals surface area contributed by atoms with E-state index in [4.69, 9.17) is 0 Å². The highest BCUT2D eigenvalue weighted by Gasteiger charge is 2.06. The molecule has 0 aromatic carbocycles. The van der Waals surface area contributed by atoms with E-state index in [1.54, 1.807) is 0 Å². The normalized spacial score (nSPS) is 12.0. The number of aromatic nitrogens is 5. The van der Waals surface area contributed by atoms with Gasteiger partial charge in [-0.3, -0.25) is 4.40 Å². The average molecular weight is 427 g/mol. The molecule has 0 amide bonds. The number of pyridine rings is 2. The fourth-order valence-electron chi connectivity index (χ4n) is 2.77. The van der Waals surface area contributed by atoms with E-state index in [1.165, 1.54) is 0 Å². The van der Waals surface area contributed by atoms with Gasteiger partial charge in [-0.15, -0.1) is 10.2 Å². The molecule has 0 bridgehead atoms. The lowest BCUT2D eigenvalue weighted by molar-refractivity contribution is 0.764. The molecule has 8 nitrogen and oxygen atoms in total. The number of nitrogens with zero attached hydrogens (tertiary/aromatic N) is 6. The van der Waals surface area contributed by atoms with Crippen LogP contribution in [0.1, 0.15) is 18.4 Å². The summed E-state index contributed by atoms with van der Waals surface area (Å²) in [7, 11) is 0. The third-order valence-electron chi connectivity index (χ3n) is 4.01. The highest BCUT2D eigenvalue weighted by atomic mass is 79.9. The summed E-state index contributed by atoms with van der Waals surface area (Å²) in [6.07, 6.45) is 5.92. The van der Waals surface area contributed by atoms with Crippen molar-refractivity contribution < 1.29 is 0 Å². The second-order valence-electron chi connectivity index (χ2n) is 5.94. The summed E-state index contributed by atoms with van der Waals surface area (Å²) in [6, 6.07) is 9.78. The first-order valence-corrected chi connectivity index (χ1v) is 9.46. The minimum absolute atomic E-state index is 0.481. The van der Waals surface area contributed by atoms with E-state index in [2.05, 4.69) is 46.7 Å². The number of fused-ring (bicyclic) bond motifs is 2. The molecule has 0 radical (unpaired) electrons. The van der Waals surface area contributed by atoms with Gasteiger partial charge in [0.2, 0.25) is 0 Å². The summed E-state index contributed by atoms with van der Waals surface area (Å²) in [6.45, 7) is 3.81. The van der Waals surface area contributed by atoms with Crippen molar-refractivity contribution in [2.45, 2.75) is 20.0 Å². The lowest BCUT2D eigenvalue weighted by atomic mass is 10.4. The third-order valence-corrected chi connectivity index (χ3v) is 4.48. The zero-order valence-corrected chi connectivity index (χ0v) is 16.4. The van der Waals surface area contributed by atoms with Crippen LogP contribution in [0.5, 0.6) is 0 Å². The van der Waals surface area contributed by atoms with Gasteiger partial charge in [0, 0.05) is 29.6 Å². The molecule has 2 N–H and O–H groups in total. The average Bonchev–Trinajstić information content (AvgIpc) is 3.27. The number of rotatable bonds is 5. The molecule has 0 saturated carbocycles. The highest BCUT2D eigenvalue weighted by molar-refractivity contribution is 9.10. The Hall–Kier alpha value is -2.94. The molecule has 0 atom stereocenters. The molecule has 0 saturated heterocycles. The smallest absolute Gasteiger partial charge is 0.192 e. The largest absolute Gasteiger partial charge is 0.357 e. The number of hydrogen-bond donors (Lipinski definition) is 2. The molecular weight excluding hydrogens is 408 g/mol. The van der Waals surface area contributed by atoms with Gasteiger partial charge in [0.05, 0.1) is 18.8 Å². The molecule has 4 heterocycles. The summed E-state index contributed by atoms with van der Waals surface area (Å²) in [5.74, 6) is 1.54. The van der Waals surface area contributed by atoms with Gasteiger partial charge >= 0.3 is 0 Å². The predicted molar refractivity (Wildman–Crippen MR) is 108 cm³/mol. The lowest BCUT2D eigenvalue weighted by Crippen LogP contribution is -2.37. The van der Waals surface area contributed by atoms with Crippen molar-refractivity contribution in [1.82, 2.24) is 34.6 Å². The summed E-state index contributed by atoms with van der Waals surface area (Å²) >= 11 is 3.47. The molecule has 0 unspecified atom stereocenters. The number of nitrogens with one attached hydrogen (secondary N) is 2. The Balaban J connectivity index is 1.47. The maximum absolute atomic E-state index is 4.63. The van der Waals surface area contributed by atoms with Gasteiger partial charge in [-0.2, -0.15) is 0 Å². The predicted octanol–water partition coefficient (Wildman–Crippen LogP) is 2.39. The van der Waals surface area contributed by atoms with E-state index < -0.39 is 0 Å². The van der Waals surface area contributed by atoms with Gasteiger partial charge < -0.3 is 15.0 Å². The van der Waals surface area contributed by atoms with E-state index in [-0.39, 0.29) is 0 Å². The van der Waals surface area contributed by atoms with Crippen LogP contribution in [0.4, 0.5) is 0 Å². The van der Waals surface area contributed by atoms with Crippen molar-refractivity contribution in [2.24, 2.45) is 4.99 Å². The number of imidazole rings is 1. The van der Waals surface area contributed by atoms with Crippen LogP contribution < -0.4 is 10.6 Å². The standard InChI is InChI=1S/C18H19BrN8/c1-2-20-18(22-10-17-25-24-16-5-3-4-8-27(16)17)21-9-14-12-26-11-13(19)6-7-15(26)23-14/h3-8,11-12H,2,9-10H2,1H3,(H2,20,21,22). The summed E-state index contributed by atoms with van der Waals surface area (Å²) < 4.78 is 4.95. The molecule has 4 aromatic rings. The van der Waals surface area contributed by atoms with E-state index in [0.29, 0.717) is 19.0 Å². The fraction of sp³-hybridized carbons (Fsp3) is 0.222. The first-order chi connectivity index (χ1) is 13.2. The van der Waals surface area contributed by atoms with Gasteiger partial charge in [0.15, 0.2) is 17.4 Å². The van der Waals surface area contributed by atoms with Gasteiger partial charge in [-0.05, 0) is 47.1 Å². The van der Waals surface area contributed by atoms with Crippen LogP contribution in [-0.2, 0) is 13.1 Å². The van der Waals surface area contributed by atoms with Crippen molar-refractivity contribution in [3.8, 4) is 0 Å². The zero-order chi connectivity index (χ0) is 18.6. The number of aliphatic imine (C=N–C) groups is 1. The Morgan fingerprint density at radius 2 is 2.04 bits per heavy atom. The molecule has 0 aliphatic heterocycles. The summed E-state index contributed by atoms with van der Waals surface area (Å²) in [5.41, 5.74) is 2.63. The second kappa shape index (κ2) is 7.75. The third kappa shape index (κ3) is 3.92. The highest BCUT2D eigenvalue weighted by Crippen LogP contribution is 2.13. The van der Waals surface area contributed by atoms with Crippen LogP contribution in [0.25, 0.3) is 11.3 Å². The molecule has 9 heteroatoms. The Morgan fingerprint density at radius 3 is 2.93 bits per heavy atom. The van der Waals surface area contributed by atoms with E-state index in [0.717, 1.165) is 33.8 Å². The van der Waals surface area contributed by atoms with Crippen molar-refractivity contribution in [3.05, 3.63) is 64.9 Å². The van der Waals surface area contributed by atoms with Gasteiger partial charge in [-0.1, -0.05) is 6.07 Å². The van der Waals surface area contributed by atoms with Gasteiger partial charge in [0.1, 0.15) is 5.65 Å². The Bertz CT molecular complexity index is 1100. The molecule has 4 rings (SSSR count). The topological polar surface area (TPSA) is 83.9 Å².